The van der Waals surface area contributed by atoms with Crippen LogP contribution >= 0.6 is 0 Å². The van der Waals surface area contributed by atoms with Gasteiger partial charge in [0.2, 0.25) is 0 Å². The Morgan fingerprint density at radius 3 is 2.67 bits per heavy atom. The maximum atomic E-state index is 12.5. The molecule has 2 N–H and O–H groups in total. The summed E-state index contributed by atoms with van der Waals surface area (Å²) >= 11 is 0. The lowest BCUT2D eigenvalue weighted by Gasteiger charge is -2.26. The average molecular weight is 331 g/mol. The smallest absolute Gasteiger partial charge is 0.434 e. The first-order chi connectivity index (χ1) is 11.6. The molecule has 0 atom stereocenters. The van der Waals surface area contributed by atoms with Crippen LogP contribution in [0.25, 0.3) is 0 Å². The minimum absolute atomic E-state index is 0.127. The van der Waals surface area contributed by atoms with Crippen molar-refractivity contribution in [1.82, 2.24) is 15.1 Å². The fourth-order valence-corrected chi connectivity index (χ4v) is 2.60. The van der Waals surface area contributed by atoms with Crippen LogP contribution in [0.5, 0.6) is 5.75 Å². The van der Waals surface area contributed by atoms with E-state index < -0.39 is 6.16 Å². The van der Waals surface area contributed by atoms with Crippen molar-refractivity contribution in [1.29, 1.82) is 0 Å². The molecule has 1 amide bonds. The van der Waals surface area contributed by atoms with E-state index in [4.69, 9.17) is 4.74 Å². The topological polar surface area (TPSA) is 104 Å². The first-order valence-corrected chi connectivity index (χ1v) is 7.61. The Hall–Kier alpha value is -3.03. The summed E-state index contributed by atoms with van der Waals surface area (Å²) in [6, 6.07) is 6.26. The monoisotopic (exact) mass is 331 g/mol. The zero-order chi connectivity index (χ0) is 17.1. The summed E-state index contributed by atoms with van der Waals surface area (Å²) in [6.07, 6.45) is -0.263. The number of carbonyl (C=O) groups is 2. The second-order valence-corrected chi connectivity index (χ2v) is 5.32. The number of benzene rings is 1. The molecule has 2 heterocycles. The summed E-state index contributed by atoms with van der Waals surface area (Å²) in [7, 11) is 0. The third kappa shape index (κ3) is 3.17. The fraction of sp³-hybridized carbons (Fsp3) is 0.312. The van der Waals surface area contributed by atoms with E-state index in [9.17, 15) is 14.4 Å². The molecule has 1 aromatic heterocycles. The highest BCUT2D eigenvalue weighted by atomic mass is 16.7. The third-order valence-electron chi connectivity index (χ3n) is 3.80. The molecule has 0 saturated carbocycles. The Balaban J connectivity index is 1.67. The van der Waals surface area contributed by atoms with Crippen LogP contribution in [0.3, 0.4) is 0 Å². The molecule has 0 aliphatic carbocycles. The summed E-state index contributed by atoms with van der Waals surface area (Å²) < 4.78 is 9.64. The number of nitrogens with one attached hydrogen (secondary N) is 2. The largest absolute Gasteiger partial charge is 0.513 e. The zero-order valence-electron chi connectivity index (χ0n) is 13.1. The van der Waals surface area contributed by atoms with E-state index in [1.54, 1.807) is 24.0 Å². The van der Waals surface area contributed by atoms with Crippen molar-refractivity contribution in [2.75, 3.05) is 13.2 Å². The summed E-state index contributed by atoms with van der Waals surface area (Å²) in [4.78, 5) is 37.0. The molecule has 126 valence electrons. The predicted molar refractivity (Wildman–Crippen MR) is 83.9 cm³/mol. The van der Waals surface area contributed by atoms with Gasteiger partial charge in [-0.1, -0.05) is 0 Å². The SMILES string of the molecule is CCOC(=O)Oc1ccc(C(=O)N2CCc3c([nH][nH]c3=O)C2)cc1. The van der Waals surface area contributed by atoms with Gasteiger partial charge in [0.1, 0.15) is 5.75 Å². The van der Waals surface area contributed by atoms with E-state index in [0.29, 0.717) is 36.4 Å². The van der Waals surface area contributed by atoms with Gasteiger partial charge in [-0.25, -0.2) is 4.79 Å². The minimum atomic E-state index is -0.781. The number of ether oxygens (including phenoxy) is 2. The van der Waals surface area contributed by atoms with Crippen LogP contribution in [0.4, 0.5) is 4.79 Å². The molecular weight excluding hydrogens is 314 g/mol. The van der Waals surface area contributed by atoms with Crippen molar-refractivity contribution < 1.29 is 19.1 Å². The molecule has 0 bridgehead atoms. The van der Waals surface area contributed by atoms with Gasteiger partial charge in [-0.05, 0) is 37.6 Å². The van der Waals surface area contributed by atoms with E-state index in [0.717, 1.165) is 5.69 Å². The highest BCUT2D eigenvalue weighted by Crippen LogP contribution is 2.18. The van der Waals surface area contributed by atoms with Gasteiger partial charge < -0.3 is 19.5 Å². The first-order valence-electron chi connectivity index (χ1n) is 7.61. The van der Waals surface area contributed by atoms with Crippen LogP contribution in [0.2, 0.25) is 0 Å². The number of H-pyrrole nitrogens is 2. The third-order valence-corrected chi connectivity index (χ3v) is 3.80. The fourth-order valence-electron chi connectivity index (χ4n) is 2.60. The molecule has 24 heavy (non-hydrogen) atoms. The Bertz CT molecular complexity index is 806. The second kappa shape index (κ2) is 6.61. The zero-order valence-corrected chi connectivity index (χ0v) is 13.1. The second-order valence-electron chi connectivity index (χ2n) is 5.32. The van der Waals surface area contributed by atoms with E-state index >= 15 is 0 Å². The normalized spacial score (nSPS) is 13.3. The quantitative estimate of drug-likeness (QED) is 0.654. The van der Waals surface area contributed by atoms with E-state index in [1.807, 2.05) is 0 Å². The van der Waals surface area contributed by atoms with Crippen molar-refractivity contribution in [2.45, 2.75) is 19.9 Å². The van der Waals surface area contributed by atoms with E-state index in [-0.39, 0.29) is 18.1 Å². The van der Waals surface area contributed by atoms with E-state index in [1.165, 1.54) is 12.1 Å². The number of rotatable bonds is 3. The summed E-state index contributed by atoms with van der Waals surface area (Å²) in [6.45, 7) is 2.75. The van der Waals surface area contributed by atoms with Crippen LogP contribution in [-0.4, -0.2) is 40.3 Å². The van der Waals surface area contributed by atoms with Gasteiger partial charge in [0, 0.05) is 17.7 Å². The van der Waals surface area contributed by atoms with Gasteiger partial charge in [-0.15, -0.1) is 0 Å². The highest BCUT2D eigenvalue weighted by Gasteiger charge is 2.24. The Morgan fingerprint density at radius 2 is 1.96 bits per heavy atom. The minimum Gasteiger partial charge on any atom is -0.434 e. The Kier molecular flexibility index (Phi) is 4.37. The lowest BCUT2D eigenvalue weighted by atomic mass is 10.1. The van der Waals surface area contributed by atoms with Crippen molar-refractivity contribution >= 4 is 12.1 Å². The predicted octanol–water partition coefficient (Wildman–Crippen LogP) is 1.44. The molecule has 1 aliphatic heterocycles. The highest BCUT2D eigenvalue weighted by molar-refractivity contribution is 5.94. The number of aromatic nitrogens is 2. The standard InChI is InChI=1S/C16H17N3O5/c1-2-23-16(22)24-11-5-3-10(4-6-11)15(21)19-8-7-12-13(9-19)17-18-14(12)20/h3-6H,2,7-9H2,1H3,(H2,17,18,20). The number of fused-ring (bicyclic) bond motifs is 1. The molecule has 0 fully saturated rings. The van der Waals surface area contributed by atoms with E-state index in [2.05, 4.69) is 14.9 Å². The molecule has 1 aliphatic rings. The molecule has 8 heteroatoms. The Morgan fingerprint density at radius 1 is 1.21 bits per heavy atom. The lowest BCUT2D eigenvalue weighted by Crippen LogP contribution is -2.36. The van der Waals surface area contributed by atoms with Gasteiger partial charge in [0.05, 0.1) is 18.8 Å². The maximum Gasteiger partial charge on any atom is 0.513 e. The number of carbonyl (C=O) groups excluding carboxylic acids is 2. The molecule has 8 nitrogen and oxygen atoms in total. The van der Waals surface area contributed by atoms with Gasteiger partial charge in [-0.3, -0.25) is 14.7 Å². The van der Waals surface area contributed by atoms with Crippen LogP contribution < -0.4 is 10.3 Å². The van der Waals surface area contributed by atoms with Crippen LogP contribution in [0.1, 0.15) is 28.5 Å². The number of nitrogens with zero attached hydrogens (tertiary/aromatic N) is 1. The first kappa shape index (κ1) is 15.9. The molecular formula is C16H17N3O5. The molecule has 0 unspecified atom stereocenters. The Labute approximate surface area is 137 Å². The van der Waals surface area contributed by atoms with Crippen LogP contribution in [0, 0.1) is 0 Å². The molecule has 0 saturated heterocycles. The number of aromatic amines is 2. The molecule has 3 rings (SSSR count). The van der Waals surface area contributed by atoms with Gasteiger partial charge in [-0.2, -0.15) is 0 Å². The van der Waals surface area contributed by atoms with Crippen molar-refractivity contribution in [3.05, 3.63) is 51.4 Å². The molecule has 0 radical (unpaired) electrons. The maximum absolute atomic E-state index is 12.5. The van der Waals surface area contributed by atoms with Gasteiger partial charge in [0.25, 0.3) is 11.5 Å². The summed E-state index contributed by atoms with van der Waals surface area (Å²) in [5.41, 5.74) is 1.80. The molecule has 2 aromatic rings. The van der Waals surface area contributed by atoms with Crippen molar-refractivity contribution in [2.24, 2.45) is 0 Å². The number of hydrogen-bond acceptors (Lipinski definition) is 5. The van der Waals surface area contributed by atoms with Crippen molar-refractivity contribution in [3.63, 3.8) is 0 Å². The van der Waals surface area contributed by atoms with Crippen LogP contribution in [0.15, 0.2) is 29.1 Å². The number of hydrogen-bond donors (Lipinski definition) is 2. The molecule has 1 aromatic carbocycles. The average Bonchev–Trinajstić information content (AvgIpc) is 2.96. The number of amides is 1. The van der Waals surface area contributed by atoms with Crippen molar-refractivity contribution in [3.8, 4) is 5.75 Å². The molecule has 0 spiro atoms. The lowest BCUT2D eigenvalue weighted by molar-refractivity contribution is 0.0732. The summed E-state index contributed by atoms with van der Waals surface area (Å²) in [5.74, 6) is 0.159. The van der Waals surface area contributed by atoms with Crippen LogP contribution in [-0.2, 0) is 17.7 Å². The van der Waals surface area contributed by atoms with Gasteiger partial charge in [0.15, 0.2) is 0 Å². The summed E-state index contributed by atoms with van der Waals surface area (Å²) in [5, 5.41) is 5.34. The van der Waals surface area contributed by atoms with Gasteiger partial charge >= 0.3 is 6.16 Å².